The molecule has 0 aliphatic heterocycles. The molecule has 5 aromatic rings. The smallest absolute Gasteiger partial charge is 0.234 e. The Morgan fingerprint density at radius 3 is 2.88 bits per heavy atom. The van der Waals surface area contributed by atoms with Crippen molar-refractivity contribution < 1.29 is 13.9 Å². The Morgan fingerprint density at radius 2 is 2.06 bits per heavy atom. The second-order valence-electron chi connectivity index (χ2n) is 6.75. The molecule has 3 aromatic heterocycles. The van der Waals surface area contributed by atoms with Gasteiger partial charge in [-0.05, 0) is 42.5 Å². The molecule has 0 saturated carbocycles. The molecule has 32 heavy (non-hydrogen) atoms. The van der Waals surface area contributed by atoms with Crippen molar-refractivity contribution in [3.05, 3.63) is 65.9 Å². The SMILES string of the molecule is COc1ccc(Cl)cc1NC(=O)CSc1nnc2c3ccccc3nc(-c3ccco3)n12. The van der Waals surface area contributed by atoms with Crippen LogP contribution < -0.4 is 10.1 Å². The topological polar surface area (TPSA) is 94.5 Å². The van der Waals surface area contributed by atoms with Crippen LogP contribution in [0.1, 0.15) is 0 Å². The Bertz CT molecular complexity index is 1430. The minimum atomic E-state index is -0.236. The van der Waals surface area contributed by atoms with E-state index in [1.807, 2.05) is 30.3 Å². The number of hydrogen-bond acceptors (Lipinski definition) is 7. The highest BCUT2D eigenvalue weighted by Crippen LogP contribution is 2.30. The van der Waals surface area contributed by atoms with Gasteiger partial charge in [0.15, 0.2) is 22.4 Å². The van der Waals surface area contributed by atoms with Gasteiger partial charge in [0.25, 0.3) is 0 Å². The van der Waals surface area contributed by atoms with E-state index in [0.29, 0.717) is 38.8 Å². The lowest BCUT2D eigenvalue weighted by Crippen LogP contribution is -2.15. The van der Waals surface area contributed by atoms with Crippen LogP contribution in [0.3, 0.4) is 0 Å². The highest BCUT2D eigenvalue weighted by atomic mass is 35.5. The van der Waals surface area contributed by atoms with Crippen LogP contribution >= 0.6 is 23.4 Å². The lowest BCUT2D eigenvalue weighted by atomic mass is 10.2. The van der Waals surface area contributed by atoms with Crippen molar-refractivity contribution in [2.75, 3.05) is 18.2 Å². The maximum atomic E-state index is 12.6. The quantitative estimate of drug-likeness (QED) is 0.355. The average molecular weight is 466 g/mol. The van der Waals surface area contributed by atoms with E-state index in [9.17, 15) is 4.79 Å². The fourth-order valence-corrected chi connectivity index (χ4v) is 4.22. The summed E-state index contributed by atoms with van der Waals surface area (Å²) in [5.41, 5.74) is 1.92. The molecule has 0 atom stereocenters. The number of anilines is 1. The number of ether oxygens (including phenoxy) is 1. The average Bonchev–Trinajstić information content (AvgIpc) is 3.48. The summed E-state index contributed by atoms with van der Waals surface area (Å²) in [6.45, 7) is 0. The zero-order valence-electron chi connectivity index (χ0n) is 16.8. The Balaban J connectivity index is 1.47. The lowest BCUT2D eigenvalue weighted by molar-refractivity contribution is -0.113. The summed E-state index contributed by atoms with van der Waals surface area (Å²) < 4.78 is 12.7. The molecule has 0 bridgehead atoms. The van der Waals surface area contributed by atoms with E-state index in [2.05, 4.69) is 15.5 Å². The first-order chi connectivity index (χ1) is 15.6. The van der Waals surface area contributed by atoms with Gasteiger partial charge in [-0.15, -0.1) is 10.2 Å². The third-order valence-corrected chi connectivity index (χ3v) is 5.89. The molecule has 160 valence electrons. The van der Waals surface area contributed by atoms with Gasteiger partial charge in [-0.1, -0.05) is 35.5 Å². The van der Waals surface area contributed by atoms with E-state index in [1.54, 1.807) is 34.9 Å². The summed E-state index contributed by atoms with van der Waals surface area (Å²) >= 11 is 7.29. The van der Waals surface area contributed by atoms with Crippen LogP contribution in [0.5, 0.6) is 5.75 Å². The number of benzene rings is 2. The van der Waals surface area contributed by atoms with E-state index >= 15 is 0 Å². The molecule has 0 saturated heterocycles. The summed E-state index contributed by atoms with van der Waals surface area (Å²) in [5.74, 6) is 1.53. The van der Waals surface area contributed by atoms with Gasteiger partial charge in [0.05, 0.1) is 30.3 Å². The molecule has 0 unspecified atom stereocenters. The number of hydrogen-bond donors (Lipinski definition) is 1. The number of rotatable bonds is 6. The fraction of sp³-hybridized carbons (Fsp3) is 0.0909. The van der Waals surface area contributed by atoms with Gasteiger partial charge in [0, 0.05) is 10.4 Å². The number of fused-ring (bicyclic) bond motifs is 3. The molecule has 0 aliphatic carbocycles. The van der Waals surface area contributed by atoms with Crippen molar-refractivity contribution in [2.24, 2.45) is 0 Å². The number of furan rings is 1. The predicted octanol–water partition coefficient (Wildman–Crippen LogP) is 4.93. The molecule has 0 fully saturated rings. The van der Waals surface area contributed by atoms with Crippen molar-refractivity contribution in [1.29, 1.82) is 0 Å². The fourth-order valence-electron chi connectivity index (χ4n) is 3.32. The molecular formula is C22H16ClN5O3S. The molecule has 0 spiro atoms. The van der Waals surface area contributed by atoms with Gasteiger partial charge in [-0.3, -0.25) is 9.20 Å². The molecule has 1 amide bonds. The Morgan fingerprint density at radius 1 is 1.19 bits per heavy atom. The predicted molar refractivity (Wildman–Crippen MR) is 123 cm³/mol. The summed E-state index contributed by atoms with van der Waals surface area (Å²) in [7, 11) is 1.53. The van der Waals surface area contributed by atoms with Crippen LogP contribution in [0, 0.1) is 0 Å². The lowest BCUT2D eigenvalue weighted by Gasteiger charge is -2.10. The molecule has 0 aliphatic rings. The summed E-state index contributed by atoms with van der Waals surface area (Å²) in [6.07, 6.45) is 1.58. The second kappa shape index (κ2) is 8.52. The monoisotopic (exact) mass is 465 g/mol. The molecular weight excluding hydrogens is 450 g/mol. The summed E-state index contributed by atoms with van der Waals surface area (Å²) in [5, 5.41) is 13.4. The zero-order valence-corrected chi connectivity index (χ0v) is 18.4. The van der Waals surface area contributed by atoms with Gasteiger partial charge in [0.2, 0.25) is 5.91 Å². The second-order valence-corrected chi connectivity index (χ2v) is 8.13. The van der Waals surface area contributed by atoms with Gasteiger partial charge in [-0.25, -0.2) is 4.98 Å². The third kappa shape index (κ3) is 3.76. The van der Waals surface area contributed by atoms with Gasteiger partial charge in [-0.2, -0.15) is 0 Å². The first kappa shape index (κ1) is 20.3. The van der Waals surface area contributed by atoms with E-state index in [0.717, 1.165) is 10.9 Å². The number of halogens is 1. The number of para-hydroxylation sites is 1. The molecule has 2 aromatic carbocycles. The largest absolute Gasteiger partial charge is 0.495 e. The highest BCUT2D eigenvalue weighted by molar-refractivity contribution is 7.99. The third-order valence-electron chi connectivity index (χ3n) is 4.73. The number of nitrogens with zero attached hydrogens (tertiary/aromatic N) is 4. The molecule has 8 nitrogen and oxygen atoms in total. The molecule has 3 heterocycles. The first-order valence-corrected chi connectivity index (χ1v) is 10.9. The minimum Gasteiger partial charge on any atom is -0.495 e. The number of thioether (sulfide) groups is 1. The molecule has 1 N–H and O–H groups in total. The molecule has 5 rings (SSSR count). The van der Waals surface area contributed by atoms with Crippen molar-refractivity contribution in [2.45, 2.75) is 5.16 Å². The number of methoxy groups -OCH3 is 1. The maximum Gasteiger partial charge on any atom is 0.234 e. The first-order valence-electron chi connectivity index (χ1n) is 9.58. The number of aromatic nitrogens is 4. The van der Waals surface area contributed by atoms with Crippen molar-refractivity contribution in [3.8, 4) is 17.3 Å². The Hall–Kier alpha value is -3.56. The summed E-state index contributed by atoms with van der Waals surface area (Å²) in [4.78, 5) is 17.4. The molecule has 10 heteroatoms. The number of carbonyl (C=O) groups is 1. The van der Waals surface area contributed by atoms with Crippen LogP contribution in [-0.4, -0.2) is 38.4 Å². The van der Waals surface area contributed by atoms with Gasteiger partial charge in [0.1, 0.15) is 5.75 Å². The van der Waals surface area contributed by atoms with Crippen LogP contribution in [-0.2, 0) is 4.79 Å². The van der Waals surface area contributed by atoms with Crippen molar-refractivity contribution in [1.82, 2.24) is 19.6 Å². The van der Waals surface area contributed by atoms with Crippen molar-refractivity contribution >= 4 is 51.5 Å². The Kier molecular flexibility index (Phi) is 5.42. The Labute approximate surface area is 191 Å². The number of nitrogens with one attached hydrogen (secondary N) is 1. The standard InChI is InChI=1S/C22H16ClN5O3S/c1-30-17-9-8-13(23)11-16(17)24-19(29)12-32-22-27-26-20-14-5-2-3-6-15(14)25-21(28(20)22)18-7-4-10-31-18/h2-11H,12H2,1H3,(H,24,29). The normalized spacial score (nSPS) is 11.2. The van der Waals surface area contributed by atoms with Crippen LogP contribution in [0.2, 0.25) is 5.02 Å². The van der Waals surface area contributed by atoms with E-state index in [1.165, 1.54) is 18.9 Å². The minimum absolute atomic E-state index is 0.0981. The number of carbonyl (C=O) groups excluding carboxylic acids is 1. The van der Waals surface area contributed by atoms with E-state index < -0.39 is 0 Å². The zero-order chi connectivity index (χ0) is 22.1. The van der Waals surface area contributed by atoms with E-state index in [4.69, 9.17) is 25.7 Å². The van der Waals surface area contributed by atoms with Crippen LogP contribution in [0.4, 0.5) is 5.69 Å². The maximum absolute atomic E-state index is 12.6. The van der Waals surface area contributed by atoms with Gasteiger partial charge < -0.3 is 14.5 Å². The highest BCUT2D eigenvalue weighted by Gasteiger charge is 2.19. The van der Waals surface area contributed by atoms with E-state index in [-0.39, 0.29) is 11.7 Å². The van der Waals surface area contributed by atoms with Gasteiger partial charge >= 0.3 is 0 Å². The van der Waals surface area contributed by atoms with Crippen molar-refractivity contribution in [3.63, 3.8) is 0 Å². The number of amides is 1. The molecule has 0 radical (unpaired) electrons. The van der Waals surface area contributed by atoms with Crippen LogP contribution in [0.25, 0.3) is 28.1 Å². The summed E-state index contributed by atoms with van der Waals surface area (Å²) in [6, 6.07) is 16.3. The van der Waals surface area contributed by atoms with Crippen LogP contribution in [0.15, 0.2) is 70.4 Å².